The van der Waals surface area contributed by atoms with Crippen molar-refractivity contribution in [3.05, 3.63) is 108 Å². The summed E-state index contributed by atoms with van der Waals surface area (Å²) in [4.78, 5) is 7.57. The molecule has 224 valence electrons. The van der Waals surface area contributed by atoms with Gasteiger partial charge in [-0.1, -0.05) is 11.6 Å². The monoisotopic (exact) mass is 692 g/mol. The summed E-state index contributed by atoms with van der Waals surface area (Å²) in [6.45, 7) is 0. The zero-order valence-corrected chi connectivity index (χ0v) is 25.1. The molecule has 0 aliphatic heterocycles. The standard InChI is InChI=1S/C9H5ClFNO.C9H6FNO2.C9H6FNO.Cl3OP/c10-9-7(11)3-5-1-2-6(13)4-8(5)12-9;10-7-3-6-1-2-8(12)4-9(6)11(13)5-7;10-7-3-6-1-2-8(12)4-9(6)11-5-7;1-5(2,3)4/h1-4,13H;1-5,13H;1-5,12H;/p+1. The zero-order valence-electron chi connectivity index (χ0n) is 21.2. The molecule has 43 heavy (non-hydrogen) atoms. The normalized spacial score (nSPS) is 10.7. The molecule has 0 aliphatic rings. The lowest BCUT2D eigenvalue weighted by atomic mass is 10.2. The summed E-state index contributed by atoms with van der Waals surface area (Å²) in [6.07, 6.45) is 2.06. The van der Waals surface area contributed by atoms with E-state index in [0.717, 1.165) is 12.4 Å². The molecule has 0 bridgehead atoms. The lowest BCUT2D eigenvalue weighted by Crippen LogP contribution is -2.30. The molecule has 3 aromatic heterocycles. The van der Waals surface area contributed by atoms with Crippen LogP contribution < -0.4 is 4.73 Å². The van der Waals surface area contributed by atoms with Gasteiger partial charge in [0.25, 0.3) is 11.7 Å². The number of benzene rings is 3. The number of fused-ring (bicyclic) bond motifs is 3. The second-order valence-electron chi connectivity index (χ2n) is 8.31. The van der Waals surface area contributed by atoms with Gasteiger partial charge in [0.15, 0.2) is 16.8 Å². The third-order valence-corrected chi connectivity index (χ3v) is 5.41. The first-order valence-electron chi connectivity index (χ1n) is 11.5. The second-order valence-corrected chi connectivity index (χ2v) is 15.3. The van der Waals surface area contributed by atoms with Crippen molar-refractivity contribution in [1.82, 2.24) is 9.97 Å². The predicted octanol–water partition coefficient (Wildman–Crippen LogP) is 8.83. The van der Waals surface area contributed by atoms with E-state index in [1.807, 2.05) is 0 Å². The lowest BCUT2D eigenvalue weighted by molar-refractivity contribution is -0.885. The Bertz CT molecular complexity index is 1920. The van der Waals surface area contributed by atoms with Gasteiger partial charge in [0.05, 0.1) is 28.7 Å². The van der Waals surface area contributed by atoms with Crippen LogP contribution in [0, 0.1) is 17.5 Å². The van der Waals surface area contributed by atoms with Gasteiger partial charge in [-0.2, -0.15) is 0 Å². The van der Waals surface area contributed by atoms with Gasteiger partial charge in [0.1, 0.15) is 23.1 Å². The Labute approximate surface area is 260 Å². The molecule has 0 amide bonds. The summed E-state index contributed by atoms with van der Waals surface area (Å²) in [5, 5.41) is 34.9. The molecule has 6 aromatic rings. The number of aromatic nitrogens is 3. The molecule has 6 rings (SSSR count). The van der Waals surface area contributed by atoms with Crippen LogP contribution in [0.3, 0.4) is 0 Å². The van der Waals surface area contributed by atoms with E-state index >= 15 is 0 Å². The predicted molar refractivity (Wildman–Crippen MR) is 160 cm³/mol. The van der Waals surface area contributed by atoms with Crippen LogP contribution in [0.5, 0.6) is 17.2 Å². The minimum Gasteiger partial charge on any atom is -0.508 e. The summed E-state index contributed by atoms with van der Waals surface area (Å²) in [5.41, 5.74) is 1.43. The molecular formula is C27H18Cl4F3N3O5P+. The largest absolute Gasteiger partial charge is 0.508 e. The van der Waals surface area contributed by atoms with Crippen molar-refractivity contribution in [1.29, 1.82) is 0 Å². The van der Waals surface area contributed by atoms with Crippen molar-refractivity contribution in [3.8, 4) is 17.2 Å². The van der Waals surface area contributed by atoms with Gasteiger partial charge >= 0.3 is 5.20 Å². The van der Waals surface area contributed by atoms with E-state index in [-0.39, 0.29) is 28.2 Å². The van der Waals surface area contributed by atoms with Crippen LogP contribution in [0.15, 0.2) is 85.2 Å². The van der Waals surface area contributed by atoms with Crippen LogP contribution >= 0.6 is 50.5 Å². The van der Waals surface area contributed by atoms with Crippen LogP contribution in [-0.2, 0) is 4.57 Å². The molecule has 0 saturated carbocycles. The first kappa shape index (κ1) is 33.8. The van der Waals surface area contributed by atoms with E-state index in [1.165, 1.54) is 60.7 Å². The minimum atomic E-state index is -3.22. The highest BCUT2D eigenvalue weighted by Crippen LogP contribution is 2.61. The lowest BCUT2D eigenvalue weighted by Gasteiger charge is -1.99. The number of phenolic OH excluding ortho intramolecular Hbond substituents is 3. The van der Waals surface area contributed by atoms with E-state index in [4.69, 9.17) is 26.9 Å². The Balaban J connectivity index is 0.000000164. The molecule has 0 fully saturated rings. The van der Waals surface area contributed by atoms with E-state index < -0.39 is 16.8 Å². The molecule has 3 aromatic carbocycles. The molecule has 0 saturated heterocycles. The van der Waals surface area contributed by atoms with Crippen LogP contribution in [0.2, 0.25) is 5.15 Å². The van der Waals surface area contributed by atoms with Crippen molar-refractivity contribution in [2.75, 3.05) is 0 Å². The van der Waals surface area contributed by atoms with Gasteiger partial charge in [-0.3, -0.25) is 14.8 Å². The number of aromatic hydroxyl groups is 3. The Morgan fingerprint density at radius 1 is 0.698 bits per heavy atom. The Morgan fingerprint density at radius 2 is 1.19 bits per heavy atom. The first-order chi connectivity index (χ1) is 20.1. The quantitative estimate of drug-likeness (QED) is 0.0542. The van der Waals surface area contributed by atoms with Crippen molar-refractivity contribution < 1.29 is 43.0 Å². The minimum absolute atomic E-state index is 0.0295. The van der Waals surface area contributed by atoms with E-state index in [2.05, 4.69) is 43.7 Å². The molecule has 16 heteroatoms. The SMILES string of the molecule is O=P(Cl)(Cl)Cl.Oc1ccc2cc(F)c(Cl)nc2c1.Oc1ccc2cc(F)c[n+](O)c2c1.Oc1ccc2cc(F)cnc2c1. The number of hydrogen-bond donors (Lipinski definition) is 4. The zero-order chi connectivity index (χ0) is 31.9. The highest BCUT2D eigenvalue weighted by Gasteiger charge is 2.11. The van der Waals surface area contributed by atoms with Crippen molar-refractivity contribution in [3.63, 3.8) is 0 Å². The molecule has 0 spiro atoms. The summed E-state index contributed by atoms with van der Waals surface area (Å²) >= 11 is 19.3. The maximum Gasteiger partial charge on any atom is 0.339 e. The van der Waals surface area contributed by atoms with E-state index in [9.17, 15) is 22.9 Å². The van der Waals surface area contributed by atoms with Gasteiger partial charge in [-0.25, -0.2) is 18.2 Å². The molecule has 8 nitrogen and oxygen atoms in total. The first-order valence-corrected chi connectivity index (χ1v) is 16.3. The van der Waals surface area contributed by atoms with Gasteiger partial charge in [-0.05, 0) is 88.3 Å². The number of pyridine rings is 3. The summed E-state index contributed by atoms with van der Waals surface area (Å²) < 4.78 is 48.4. The van der Waals surface area contributed by atoms with Crippen molar-refractivity contribution >= 4 is 83.2 Å². The maximum atomic E-state index is 12.9. The number of rotatable bonds is 0. The van der Waals surface area contributed by atoms with Crippen LogP contribution in [0.25, 0.3) is 32.7 Å². The highest BCUT2D eigenvalue weighted by molar-refractivity contribution is 8.24. The summed E-state index contributed by atoms with van der Waals surface area (Å²) in [7, 11) is 0. The third kappa shape index (κ3) is 10.8. The summed E-state index contributed by atoms with van der Waals surface area (Å²) in [6, 6.07) is 17.4. The second kappa shape index (κ2) is 14.6. The summed E-state index contributed by atoms with van der Waals surface area (Å²) in [5.74, 6) is -1.19. The van der Waals surface area contributed by atoms with Crippen LogP contribution in [0.1, 0.15) is 0 Å². The van der Waals surface area contributed by atoms with Crippen LogP contribution in [0.4, 0.5) is 13.2 Å². The van der Waals surface area contributed by atoms with Crippen molar-refractivity contribution in [2.24, 2.45) is 0 Å². The number of nitrogens with zero attached hydrogens (tertiary/aromatic N) is 3. The van der Waals surface area contributed by atoms with Gasteiger partial charge in [0, 0.05) is 27.6 Å². The molecular weight excluding hydrogens is 676 g/mol. The van der Waals surface area contributed by atoms with Gasteiger partial charge < -0.3 is 15.3 Å². The van der Waals surface area contributed by atoms with E-state index in [0.29, 0.717) is 37.4 Å². The number of phenols is 3. The molecule has 0 aliphatic carbocycles. The average Bonchev–Trinajstić information content (AvgIpc) is 2.90. The van der Waals surface area contributed by atoms with Gasteiger partial charge in [-0.15, -0.1) is 0 Å². The smallest absolute Gasteiger partial charge is 0.339 e. The topological polar surface area (TPSA) is 128 Å². The van der Waals surface area contributed by atoms with Crippen molar-refractivity contribution in [2.45, 2.75) is 0 Å². The van der Waals surface area contributed by atoms with E-state index in [1.54, 1.807) is 12.1 Å². The van der Waals surface area contributed by atoms with Gasteiger partial charge in [0.2, 0.25) is 0 Å². The average molecular weight is 694 g/mol. The fraction of sp³-hybridized carbons (Fsp3) is 0. The molecule has 0 radical (unpaired) electrons. The molecule has 4 N–H and O–H groups in total. The number of halogens is 7. The Hall–Kier alpha value is -3.73. The maximum absolute atomic E-state index is 12.9. The molecule has 3 heterocycles. The Kier molecular flexibility index (Phi) is 11.5. The molecule has 0 unspecified atom stereocenters. The fourth-order valence-electron chi connectivity index (χ4n) is 3.41. The number of hydrogen-bond acceptors (Lipinski definition) is 7. The Morgan fingerprint density at radius 3 is 1.79 bits per heavy atom. The molecule has 0 atom stereocenters. The highest BCUT2D eigenvalue weighted by atomic mass is 36.0. The third-order valence-electron chi connectivity index (χ3n) is 5.15. The fourth-order valence-corrected chi connectivity index (χ4v) is 3.56. The van der Waals surface area contributed by atoms with Crippen LogP contribution in [-0.4, -0.2) is 30.5 Å².